The summed E-state index contributed by atoms with van der Waals surface area (Å²) in [5, 5.41) is 9.09. The maximum Gasteiger partial charge on any atom is 0.335 e. The van der Waals surface area contributed by atoms with Crippen LogP contribution >= 0.6 is 0 Å². The third-order valence-corrected chi connectivity index (χ3v) is 7.17. The first-order chi connectivity index (χ1) is 12.0. The van der Waals surface area contributed by atoms with Crippen LogP contribution in [-0.2, 0) is 16.6 Å². The highest BCUT2D eigenvalue weighted by molar-refractivity contribution is 7.86. The molecule has 1 N–H and O–H groups in total. The van der Waals surface area contributed by atoms with Gasteiger partial charge in [0.2, 0.25) is 0 Å². The highest BCUT2D eigenvalue weighted by Gasteiger charge is 2.35. The third kappa shape index (κ3) is 4.40. The Morgan fingerprint density at radius 2 is 1.80 bits per heavy atom. The van der Waals surface area contributed by atoms with E-state index in [-0.39, 0.29) is 11.5 Å². The minimum Gasteiger partial charge on any atom is -0.478 e. The van der Waals surface area contributed by atoms with E-state index in [2.05, 4.69) is 0 Å². The summed E-state index contributed by atoms with van der Waals surface area (Å²) >= 11 is 0. The van der Waals surface area contributed by atoms with Gasteiger partial charge in [-0.2, -0.15) is 17.0 Å². The molecule has 2 aliphatic heterocycles. The number of carbonyl (C=O) groups is 1. The zero-order valence-corrected chi connectivity index (χ0v) is 15.2. The largest absolute Gasteiger partial charge is 0.478 e. The van der Waals surface area contributed by atoms with Gasteiger partial charge in [0, 0.05) is 26.2 Å². The second kappa shape index (κ2) is 7.85. The lowest BCUT2D eigenvalue weighted by Gasteiger charge is -2.26. The van der Waals surface area contributed by atoms with E-state index in [0.717, 1.165) is 37.7 Å². The summed E-state index contributed by atoms with van der Waals surface area (Å²) in [4.78, 5) is 11.1. The zero-order chi connectivity index (χ0) is 17.9. The Labute approximate surface area is 149 Å². The molecule has 7 heteroatoms. The zero-order valence-electron chi connectivity index (χ0n) is 14.4. The van der Waals surface area contributed by atoms with Gasteiger partial charge < -0.3 is 5.11 Å². The number of nitrogens with zero attached hydrogens (tertiary/aromatic N) is 2. The van der Waals surface area contributed by atoms with Crippen molar-refractivity contribution in [1.82, 2.24) is 8.61 Å². The van der Waals surface area contributed by atoms with E-state index >= 15 is 0 Å². The number of hydrogen-bond donors (Lipinski definition) is 1. The van der Waals surface area contributed by atoms with Crippen LogP contribution < -0.4 is 0 Å². The van der Waals surface area contributed by atoms with E-state index < -0.39 is 16.2 Å². The maximum absolute atomic E-state index is 12.9. The van der Waals surface area contributed by atoms with Gasteiger partial charge in [0.15, 0.2) is 0 Å². The monoisotopic (exact) mass is 366 g/mol. The summed E-state index contributed by atoms with van der Waals surface area (Å²) in [6, 6.07) is 6.93. The average Bonchev–Trinajstić information content (AvgIpc) is 2.88. The van der Waals surface area contributed by atoms with Gasteiger partial charge in [-0.1, -0.05) is 25.0 Å². The Morgan fingerprint density at radius 3 is 2.48 bits per heavy atom. The summed E-state index contributed by atoms with van der Waals surface area (Å²) < 4.78 is 29.0. The number of aromatic carboxylic acids is 1. The van der Waals surface area contributed by atoms with Crippen LogP contribution in [-0.4, -0.2) is 54.3 Å². The van der Waals surface area contributed by atoms with Crippen molar-refractivity contribution in [2.45, 2.75) is 38.5 Å². The summed E-state index contributed by atoms with van der Waals surface area (Å²) in [6.07, 6.45) is 5.64. The summed E-state index contributed by atoms with van der Waals surface area (Å²) in [5.41, 5.74) is 1.24. The Hall–Kier alpha value is -1.44. The van der Waals surface area contributed by atoms with Crippen LogP contribution in [0.1, 0.15) is 48.0 Å². The third-order valence-electron chi connectivity index (χ3n) is 5.16. The quantitative estimate of drug-likeness (QED) is 0.868. The highest BCUT2D eigenvalue weighted by atomic mass is 32.2. The molecule has 1 atom stereocenters. The molecule has 25 heavy (non-hydrogen) atoms. The van der Waals surface area contributed by atoms with Crippen molar-refractivity contribution in [3.63, 3.8) is 0 Å². The molecule has 2 heterocycles. The molecule has 2 fully saturated rings. The van der Waals surface area contributed by atoms with E-state index in [1.165, 1.54) is 0 Å². The van der Waals surface area contributed by atoms with E-state index in [1.807, 2.05) is 6.07 Å². The molecule has 2 saturated heterocycles. The SMILES string of the molecule is O=C(O)c1cccc(C[C@H]2CCN(S(=O)(=O)N3CCCCCC3)C2)c1. The average molecular weight is 366 g/mol. The molecular formula is C18H26N2O4S. The van der Waals surface area contributed by atoms with E-state index in [0.29, 0.717) is 32.6 Å². The lowest BCUT2D eigenvalue weighted by Crippen LogP contribution is -2.43. The van der Waals surface area contributed by atoms with Gasteiger partial charge in [-0.25, -0.2) is 4.79 Å². The van der Waals surface area contributed by atoms with Gasteiger partial charge >= 0.3 is 5.97 Å². The number of hydrogen-bond acceptors (Lipinski definition) is 3. The van der Waals surface area contributed by atoms with E-state index in [4.69, 9.17) is 5.11 Å². The molecule has 0 aromatic heterocycles. The molecule has 1 aromatic rings. The second-order valence-corrected chi connectivity index (χ2v) is 8.97. The first kappa shape index (κ1) is 18.4. The lowest BCUT2D eigenvalue weighted by atomic mass is 9.97. The number of carboxylic acids is 1. The Kier molecular flexibility index (Phi) is 5.76. The minimum atomic E-state index is -3.36. The predicted octanol–water partition coefficient (Wildman–Crippen LogP) is 2.37. The molecule has 0 aliphatic carbocycles. The van der Waals surface area contributed by atoms with Crippen LogP contribution in [0.15, 0.2) is 24.3 Å². The predicted molar refractivity (Wildman–Crippen MR) is 95.7 cm³/mol. The molecule has 138 valence electrons. The lowest BCUT2D eigenvalue weighted by molar-refractivity contribution is 0.0696. The molecule has 0 saturated carbocycles. The van der Waals surface area contributed by atoms with Crippen molar-refractivity contribution < 1.29 is 18.3 Å². The van der Waals surface area contributed by atoms with Crippen LogP contribution in [0.4, 0.5) is 0 Å². The molecule has 0 unspecified atom stereocenters. The van der Waals surface area contributed by atoms with Crippen LogP contribution in [0.2, 0.25) is 0 Å². The molecule has 2 aliphatic rings. The van der Waals surface area contributed by atoms with Gasteiger partial charge in [-0.3, -0.25) is 0 Å². The first-order valence-corrected chi connectivity index (χ1v) is 10.4. The second-order valence-electron chi connectivity index (χ2n) is 7.04. The van der Waals surface area contributed by atoms with Crippen molar-refractivity contribution in [2.75, 3.05) is 26.2 Å². The Bertz CT molecular complexity index is 712. The first-order valence-electron chi connectivity index (χ1n) is 9.04. The van der Waals surface area contributed by atoms with E-state index in [9.17, 15) is 13.2 Å². The van der Waals surface area contributed by atoms with Crippen molar-refractivity contribution >= 4 is 16.2 Å². The van der Waals surface area contributed by atoms with Crippen molar-refractivity contribution in [3.05, 3.63) is 35.4 Å². The Morgan fingerprint density at radius 1 is 1.08 bits per heavy atom. The normalized spacial score (nSPS) is 23.4. The fraction of sp³-hybridized carbons (Fsp3) is 0.611. The van der Waals surface area contributed by atoms with Gasteiger partial charge in [0.1, 0.15) is 0 Å². The Balaban J connectivity index is 1.63. The fourth-order valence-corrected chi connectivity index (χ4v) is 5.56. The molecule has 1 aromatic carbocycles. The smallest absolute Gasteiger partial charge is 0.335 e. The molecule has 0 radical (unpaired) electrons. The maximum atomic E-state index is 12.9. The molecule has 3 rings (SSSR count). The fourth-order valence-electron chi connectivity index (χ4n) is 3.77. The van der Waals surface area contributed by atoms with Crippen LogP contribution in [0.25, 0.3) is 0 Å². The number of carboxylic acid groups (broad SMARTS) is 1. The number of rotatable bonds is 5. The van der Waals surface area contributed by atoms with Crippen LogP contribution in [0.3, 0.4) is 0 Å². The van der Waals surface area contributed by atoms with Gasteiger partial charge in [0.05, 0.1) is 5.56 Å². The van der Waals surface area contributed by atoms with Crippen molar-refractivity contribution in [1.29, 1.82) is 0 Å². The van der Waals surface area contributed by atoms with Crippen LogP contribution in [0.5, 0.6) is 0 Å². The minimum absolute atomic E-state index is 0.241. The van der Waals surface area contributed by atoms with Gasteiger partial charge in [-0.15, -0.1) is 0 Å². The molecule has 0 amide bonds. The summed E-state index contributed by atoms with van der Waals surface area (Å²) in [5.74, 6) is -0.690. The standard InChI is InChI=1S/C18H26N2O4S/c21-18(22)17-7-5-6-15(13-17)12-16-8-11-20(14-16)25(23,24)19-9-3-1-2-4-10-19/h5-7,13,16H,1-4,8-12,14H2,(H,21,22)/t16-/m1/s1. The molecule has 0 bridgehead atoms. The van der Waals surface area contributed by atoms with Crippen molar-refractivity contribution in [3.8, 4) is 0 Å². The molecular weight excluding hydrogens is 340 g/mol. The molecule has 6 nitrogen and oxygen atoms in total. The topological polar surface area (TPSA) is 77.9 Å². The molecule has 0 spiro atoms. The van der Waals surface area contributed by atoms with Crippen molar-refractivity contribution in [2.24, 2.45) is 5.92 Å². The van der Waals surface area contributed by atoms with Gasteiger partial charge in [0.25, 0.3) is 10.2 Å². The van der Waals surface area contributed by atoms with Gasteiger partial charge in [-0.05, 0) is 49.3 Å². The highest BCUT2D eigenvalue weighted by Crippen LogP contribution is 2.26. The number of benzene rings is 1. The summed E-state index contributed by atoms with van der Waals surface area (Å²) in [7, 11) is -3.36. The summed E-state index contributed by atoms with van der Waals surface area (Å²) in [6.45, 7) is 2.34. The van der Waals surface area contributed by atoms with E-state index in [1.54, 1.807) is 26.8 Å². The van der Waals surface area contributed by atoms with Crippen LogP contribution in [0, 0.1) is 5.92 Å².